The summed E-state index contributed by atoms with van der Waals surface area (Å²) in [6.07, 6.45) is 6.97. The fourth-order valence-electron chi connectivity index (χ4n) is 1.54. The fraction of sp³-hybridized carbons (Fsp3) is 0.0625. The van der Waals surface area contributed by atoms with Gasteiger partial charge in [-0.2, -0.15) is 0 Å². The molecule has 0 bridgehead atoms. The van der Waals surface area contributed by atoms with Crippen LogP contribution in [0.5, 0.6) is 5.75 Å². The molecule has 0 saturated carbocycles. The van der Waals surface area contributed by atoms with Crippen molar-refractivity contribution in [3.63, 3.8) is 0 Å². The zero-order valence-corrected chi connectivity index (χ0v) is 11.4. The molecule has 19 heavy (non-hydrogen) atoms. The zero-order chi connectivity index (χ0) is 13.7. The van der Waals surface area contributed by atoms with Crippen LogP contribution in [0.3, 0.4) is 0 Å². The second-order valence-electron chi connectivity index (χ2n) is 4.08. The van der Waals surface area contributed by atoms with Gasteiger partial charge in [0.15, 0.2) is 5.78 Å². The molecule has 0 radical (unpaired) electrons. The van der Waals surface area contributed by atoms with Crippen LogP contribution in [0.4, 0.5) is 0 Å². The van der Waals surface area contributed by atoms with Gasteiger partial charge in [0.25, 0.3) is 0 Å². The molecule has 0 aliphatic heterocycles. The van der Waals surface area contributed by atoms with E-state index in [1.54, 1.807) is 24.3 Å². The quantitative estimate of drug-likeness (QED) is 0.513. The number of aryl methyl sites for hydroxylation is 1. The maximum atomic E-state index is 11.8. The third kappa shape index (κ3) is 3.93. The predicted molar refractivity (Wildman–Crippen MR) is 79.7 cm³/mol. The average Bonchev–Trinajstić information content (AvgIpc) is 2.83. The van der Waals surface area contributed by atoms with E-state index in [4.69, 9.17) is 5.11 Å². The first kappa shape index (κ1) is 13.3. The van der Waals surface area contributed by atoms with E-state index in [9.17, 15) is 4.79 Å². The second kappa shape index (κ2) is 6.16. The number of hydrogen-bond donors (Lipinski definition) is 1. The lowest BCUT2D eigenvalue weighted by atomic mass is 10.2. The largest absolute Gasteiger partial charge is 0.508 e. The van der Waals surface area contributed by atoms with E-state index >= 15 is 0 Å². The lowest BCUT2D eigenvalue weighted by Crippen LogP contribution is -1.87. The summed E-state index contributed by atoms with van der Waals surface area (Å²) in [6, 6.07) is 10.7. The number of phenols is 1. The molecule has 0 spiro atoms. The fourth-order valence-corrected chi connectivity index (χ4v) is 2.33. The van der Waals surface area contributed by atoms with Crippen LogP contribution in [-0.4, -0.2) is 10.9 Å². The van der Waals surface area contributed by atoms with Crippen LogP contribution >= 0.6 is 11.3 Å². The number of carbonyl (C=O) groups excluding carboxylic acids is 1. The highest BCUT2D eigenvalue weighted by atomic mass is 32.1. The summed E-state index contributed by atoms with van der Waals surface area (Å²) < 4.78 is 0. The minimum Gasteiger partial charge on any atom is -0.508 e. The lowest BCUT2D eigenvalue weighted by molar-refractivity contribution is 0.105. The van der Waals surface area contributed by atoms with Gasteiger partial charge in [0.2, 0.25) is 0 Å². The summed E-state index contributed by atoms with van der Waals surface area (Å²) in [5.74, 6) is 0.268. The smallest absolute Gasteiger partial charge is 0.195 e. The van der Waals surface area contributed by atoms with E-state index < -0.39 is 0 Å². The molecular formula is C16H14O2S. The maximum absolute atomic E-state index is 11.8. The third-order valence-electron chi connectivity index (χ3n) is 2.52. The van der Waals surface area contributed by atoms with Crippen molar-refractivity contribution in [1.29, 1.82) is 0 Å². The van der Waals surface area contributed by atoms with Crippen molar-refractivity contribution in [2.75, 3.05) is 0 Å². The van der Waals surface area contributed by atoms with E-state index in [0.29, 0.717) is 0 Å². The minimum absolute atomic E-state index is 0.0217. The van der Waals surface area contributed by atoms with Crippen molar-refractivity contribution in [2.45, 2.75) is 6.92 Å². The SMILES string of the molecule is Cc1ccc(C(=O)/C=C/C=C/c2ccc(O)cc2)s1. The Morgan fingerprint density at radius 2 is 1.84 bits per heavy atom. The second-order valence-corrected chi connectivity index (χ2v) is 5.37. The van der Waals surface area contributed by atoms with E-state index in [0.717, 1.165) is 15.3 Å². The van der Waals surface area contributed by atoms with Crippen molar-refractivity contribution < 1.29 is 9.90 Å². The highest BCUT2D eigenvalue weighted by Crippen LogP contribution is 2.16. The van der Waals surface area contributed by atoms with E-state index in [1.165, 1.54) is 11.3 Å². The molecular weight excluding hydrogens is 256 g/mol. The third-order valence-corrected chi connectivity index (χ3v) is 3.54. The summed E-state index contributed by atoms with van der Waals surface area (Å²) in [5.41, 5.74) is 0.974. The summed E-state index contributed by atoms with van der Waals surface area (Å²) in [5, 5.41) is 9.15. The van der Waals surface area contributed by atoms with Gasteiger partial charge >= 0.3 is 0 Å². The molecule has 0 saturated heterocycles. The number of allylic oxidation sites excluding steroid dienone is 3. The van der Waals surface area contributed by atoms with Gasteiger partial charge in [0, 0.05) is 4.88 Å². The Bertz CT molecular complexity index is 618. The van der Waals surface area contributed by atoms with Gasteiger partial charge in [-0.15, -0.1) is 11.3 Å². The zero-order valence-electron chi connectivity index (χ0n) is 10.5. The number of carbonyl (C=O) groups is 1. The number of thiophene rings is 1. The normalized spacial score (nSPS) is 11.4. The van der Waals surface area contributed by atoms with Crippen molar-refractivity contribution in [2.24, 2.45) is 0 Å². The van der Waals surface area contributed by atoms with Crippen molar-refractivity contribution in [3.05, 3.63) is 69.9 Å². The van der Waals surface area contributed by atoms with Gasteiger partial charge in [-0.3, -0.25) is 4.79 Å². The molecule has 1 heterocycles. The highest BCUT2D eigenvalue weighted by molar-refractivity contribution is 7.14. The van der Waals surface area contributed by atoms with Gasteiger partial charge in [-0.25, -0.2) is 0 Å². The Kier molecular flexibility index (Phi) is 4.31. The summed E-state index contributed by atoms with van der Waals surface area (Å²) >= 11 is 1.50. The van der Waals surface area contributed by atoms with E-state index in [2.05, 4.69) is 0 Å². The van der Waals surface area contributed by atoms with Crippen molar-refractivity contribution in [3.8, 4) is 5.75 Å². The van der Waals surface area contributed by atoms with Crippen molar-refractivity contribution in [1.82, 2.24) is 0 Å². The number of aromatic hydroxyl groups is 1. The summed E-state index contributed by atoms with van der Waals surface area (Å²) in [4.78, 5) is 13.7. The Morgan fingerprint density at radius 3 is 2.47 bits per heavy atom. The first-order valence-electron chi connectivity index (χ1n) is 5.90. The number of benzene rings is 1. The molecule has 96 valence electrons. The van der Waals surface area contributed by atoms with Crippen LogP contribution in [0, 0.1) is 6.92 Å². The van der Waals surface area contributed by atoms with Gasteiger partial charge in [-0.1, -0.05) is 30.4 Å². The van der Waals surface area contributed by atoms with Crippen LogP contribution in [0.2, 0.25) is 0 Å². The molecule has 0 aliphatic rings. The predicted octanol–water partition coefficient (Wildman–Crippen LogP) is 4.21. The first-order valence-corrected chi connectivity index (χ1v) is 6.71. The number of ketones is 1. The van der Waals surface area contributed by atoms with Gasteiger partial charge in [0.05, 0.1) is 4.88 Å². The lowest BCUT2D eigenvalue weighted by Gasteiger charge is -1.92. The Hall–Kier alpha value is -2.13. The molecule has 0 amide bonds. The molecule has 0 atom stereocenters. The molecule has 3 heteroatoms. The van der Waals surface area contributed by atoms with Gasteiger partial charge in [0.1, 0.15) is 5.75 Å². The Morgan fingerprint density at radius 1 is 1.11 bits per heavy atom. The van der Waals surface area contributed by atoms with Crippen LogP contribution in [0.25, 0.3) is 6.08 Å². The van der Waals surface area contributed by atoms with Gasteiger partial charge < -0.3 is 5.11 Å². The monoisotopic (exact) mass is 270 g/mol. The summed E-state index contributed by atoms with van der Waals surface area (Å²) in [6.45, 7) is 1.98. The van der Waals surface area contributed by atoms with Crippen LogP contribution in [-0.2, 0) is 0 Å². The molecule has 2 aromatic rings. The molecule has 0 fully saturated rings. The topological polar surface area (TPSA) is 37.3 Å². The van der Waals surface area contributed by atoms with E-state index in [1.807, 2.05) is 43.3 Å². The van der Waals surface area contributed by atoms with Crippen LogP contribution < -0.4 is 0 Å². The van der Waals surface area contributed by atoms with Crippen LogP contribution in [0.1, 0.15) is 20.1 Å². The van der Waals surface area contributed by atoms with Crippen LogP contribution in [0.15, 0.2) is 54.6 Å². The highest BCUT2D eigenvalue weighted by Gasteiger charge is 2.02. The molecule has 2 rings (SSSR count). The molecule has 0 unspecified atom stereocenters. The van der Waals surface area contributed by atoms with Gasteiger partial charge in [-0.05, 0) is 42.8 Å². The number of hydrogen-bond acceptors (Lipinski definition) is 3. The Labute approximate surface area is 116 Å². The Balaban J connectivity index is 1.96. The van der Waals surface area contributed by atoms with Crippen molar-refractivity contribution >= 4 is 23.2 Å². The average molecular weight is 270 g/mol. The molecule has 1 aromatic heterocycles. The molecule has 2 nitrogen and oxygen atoms in total. The number of phenolic OH excluding ortho intramolecular Hbond substituents is 1. The molecule has 1 aromatic carbocycles. The number of rotatable bonds is 4. The van der Waals surface area contributed by atoms with E-state index in [-0.39, 0.29) is 11.5 Å². The summed E-state index contributed by atoms with van der Waals surface area (Å²) in [7, 11) is 0. The maximum Gasteiger partial charge on any atom is 0.195 e. The minimum atomic E-state index is 0.0217. The standard InChI is InChI=1S/C16H14O2S/c1-12-6-11-16(19-12)15(18)5-3-2-4-13-7-9-14(17)10-8-13/h2-11,17H,1H3/b4-2+,5-3+. The molecule has 0 aliphatic carbocycles. The first-order chi connectivity index (χ1) is 9.15. The molecule has 1 N–H and O–H groups in total.